The van der Waals surface area contributed by atoms with Crippen molar-refractivity contribution in [3.05, 3.63) is 34.9 Å². The summed E-state index contributed by atoms with van der Waals surface area (Å²) >= 11 is 0. The average molecular weight is 276 g/mol. The van der Waals surface area contributed by atoms with E-state index in [0.29, 0.717) is 0 Å². The summed E-state index contributed by atoms with van der Waals surface area (Å²) < 4.78 is 4.88. The summed E-state index contributed by atoms with van der Waals surface area (Å²) in [5.41, 5.74) is 3.68. The fourth-order valence-corrected chi connectivity index (χ4v) is 2.08. The Hall–Kier alpha value is -1.31. The molecule has 0 N–H and O–H groups in total. The summed E-state index contributed by atoms with van der Waals surface area (Å²) in [4.78, 5) is 11.8. The highest BCUT2D eigenvalue weighted by molar-refractivity contribution is 5.77. The van der Waals surface area contributed by atoms with Crippen LogP contribution in [0.15, 0.2) is 18.2 Å². The maximum absolute atomic E-state index is 11.8. The molecule has 0 aliphatic rings. The molecule has 0 bridgehead atoms. The van der Waals surface area contributed by atoms with Crippen LogP contribution in [-0.2, 0) is 20.4 Å². The normalized spacial score (nSPS) is 14.0. The predicted octanol–water partition coefficient (Wildman–Crippen LogP) is 4.56. The van der Waals surface area contributed by atoms with Crippen molar-refractivity contribution in [1.29, 1.82) is 0 Å². The highest BCUT2D eigenvalue weighted by atomic mass is 16.5. The molecule has 1 atom stereocenters. The van der Waals surface area contributed by atoms with Gasteiger partial charge in [-0.3, -0.25) is 4.79 Å². The quantitative estimate of drug-likeness (QED) is 0.740. The second-order valence-corrected chi connectivity index (χ2v) is 7.59. The first-order chi connectivity index (χ1) is 8.96. The van der Waals surface area contributed by atoms with Gasteiger partial charge in [-0.25, -0.2) is 0 Å². The van der Waals surface area contributed by atoms with Crippen molar-refractivity contribution in [1.82, 2.24) is 0 Å². The number of hydrogen-bond donors (Lipinski definition) is 0. The van der Waals surface area contributed by atoms with E-state index >= 15 is 0 Å². The Morgan fingerprint density at radius 3 is 1.65 bits per heavy atom. The molecule has 1 aromatic rings. The fourth-order valence-electron chi connectivity index (χ4n) is 2.08. The minimum absolute atomic E-state index is 0.0614. The van der Waals surface area contributed by atoms with E-state index in [-0.39, 0.29) is 22.7 Å². The Bertz CT molecular complexity index is 455. The molecule has 0 amide bonds. The number of carbonyl (C=O) groups is 1. The average Bonchev–Trinajstić information content (AvgIpc) is 2.34. The lowest BCUT2D eigenvalue weighted by Gasteiger charge is -2.27. The van der Waals surface area contributed by atoms with Gasteiger partial charge in [-0.15, -0.1) is 0 Å². The molecular formula is C18H28O2. The first kappa shape index (κ1) is 16.7. The van der Waals surface area contributed by atoms with Gasteiger partial charge >= 0.3 is 5.97 Å². The number of carbonyl (C=O) groups excluding carboxylic acids is 1. The monoisotopic (exact) mass is 276 g/mol. The minimum atomic E-state index is -0.233. The first-order valence-corrected chi connectivity index (χ1v) is 7.20. The summed E-state index contributed by atoms with van der Waals surface area (Å²) in [5, 5.41) is 0. The van der Waals surface area contributed by atoms with Crippen LogP contribution in [0.2, 0.25) is 0 Å². The van der Waals surface area contributed by atoms with Crippen LogP contribution in [0.3, 0.4) is 0 Å². The molecule has 0 heterocycles. The molecule has 0 aliphatic heterocycles. The zero-order valence-electron chi connectivity index (χ0n) is 14.1. The second kappa shape index (κ2) is 5.59. The smallest absolute Gasteiger partial charge is 0.312 e. The third kappa shape index (κ3) is 3.84. The molecule has 0 aromatic heterocycles. The van der Waals surface area contributed by atoms with Gasteiger partial charge in [0, 0.05) is 0 Å². The van der Waals surface area contributed by atoms with Crippen molar-refractivity contribution in [2.75, 3.05) is 7.11 Å². The molecule has 112 valence electrons. The van der Waals surface area contributed by atoms with Gasteiger partial charge in [-0.2, -0.15) is 0 Å². The number of benzene rings is 1. The van der Waals surface area contributed by atoms with Crippen LogP contribution in [-0.4, -0.2) is 13.1 Å². The Morgan fingerprint density at radius 1 is 0.950 bits per heavy atom. The summed E-state index contributed by atoms with van der Waals surface area (Å²) in [6, 6.07) is 6.53. The lowest BCUT2D eigenvalue weighted by Crippen LogP contribution is -2.19. The van der Waals surface area contributed by atoms with E-state index in [1.807, 2.05) is 6.92 Å². The van der Waals surface area contributed by atoms with Crippen LogP contribution in [0.25, 0.3) is 0 Å². The molecule has 0 saturated heterocycles. The Morgan fingerprint density at radius 2 is 1.35 bits per heavy atom. The Kier molecular flexibility index (Phi) is 4.68. The van der Waals surface area contributed by atoms with Gasteiger partial charge in [0.15, 0.2) is 0 Å². The van der Waals surface area contributed by atoms with E-state index in [9.17, 15) is 4.79 Å². The molecule has 0 spiro atoms. The predicted molar refractivity (Wildman–Crippen MR) is 84.3 cm³/mol. The highest BCUT2D eigenvalue weighted by Gasteiger charge is 2.24. The van der Waals surface area contributed by atoms with Crippen molar-refractivity contribution in [3.63, 3.8) is 0 Å². The van der Waals surface area contributed by atoms with E-state index < -0.39 is 0 Å². The molecule has 2 heteroatoms. The van der Waals surface area contributed by atoms with Gasteiger partial charge < -0.3 is 4.74 Å². The van der Waals surface area contributed by atoms with Gasteiger partial charge in [0.05, 0.1) is 13.0 Å². The van der Waals surface area contributed by atoms with Gasteiger partial charge in [0.2, 0.25) is 0 Å². The van der Waals surface area contributed by atoms with Crippen molar-refractivity contribution in [3.8, 4) is 0 Å². The van der Waals surface area contributed by atoms with Crippen molar-refractivity contribution >= 4 is 5.97 Å². The summed E-state index contributed by atoms with van der Waals surface area (Å²) in [6.45, 7) is 15.1. The lowest BCUT2D eigenvalue weighted by atomic mass is 9.78. The molecule has 1 rings (SSSR count). The molecule has 0 radical (unpaired) electrons. The number of esters is 1. The molecule has 0 fully saturated rings. The van der Waals surface area contributed by atoms with E-state index in [0.717, 1.165) is 5.56 Å². The molecular weight excluding hydrogens is 248 g/mol. The molecule has 1 aromatic carbocycles. The van der Waals surface area contributed by atoms with Crippen LogP contribution in [0.4, 0.5) is 0 Å². The highest BCUT2D eigenvalue weighted by Crippen LogP contribution is 2.32. The second-order valence-electron chi connectivity index (χ2n) is 7.59. The van der Waals surface area contributed by atoms with E-state index in [1.54, 1.807) is 0 Å². The third-order valence-corrected chi connectivity index (χ3v) is 3.74. The van der Waals surface area contributed by atoms with Crippen LogP contribution >= 0.6 is 0 Å². The number of rotatable bonds is 2. The van der Waals surface area contributed by atoms with Crippen molar-refractivity contribution < 1.29 is 9.53 Å². The summed E-state index contributed by atoms with van der Waals surface area (Å²) in [6.07, 6.45) is 0. The minimum Gasteiger partial charge on any atom is -0.469 e. The zero-order chi connectivity index (χ0) is 15.7. The summed E-state index contributed by atoms with van der Waals surface area (Å²) in [7, 11) is 1.44. The molecule has 20 heavy (non-hydrogen) atoms. The fraction of sp³-hybridized carbons (Fsp3) is 0.611. The first-order valence-electron chi connectivity index (χ1n) is 7.20. The number of methoxy groups -OCH3 is 1. The van der Waals surface area contributed by atoms with Crippen LogP contribution < -0.4 is 0 Å². The van der Waals surface area contributed by atoms with Crippen LogP contribution in [0.1, 0.15) is 71.1 Å². The van der Waals surface area contributed by atoms with E-state index in [1.165, 1.54) is 18.2 Å². The third-order valence-electron chi connectivity index (χ3n) is 3.74. The van der Waals surface area contributed by atoms with Crippen molar-refractivity contribution in [2.24, 2.45) is 0 Å². The summed E-state index contributed by atoms with van der Waals surface area (Å²) in [5.74, 6) is -0.417. The largest absolute Gasteiger partial charge is 0.469 e. The number of ether oxygens (including phenoxy) is 1. The number of hydrogen-bond acceptors (Lipinski definition) is 2. The topological polar surface area (TPSA) is 26.3 Å². The Labute approximate surface area is 123 Å². The maximum Gasteiger partial charge on any atom is 0.312 e. The van der Waals surface area contributed by atoms with Gasteiger partial charge in [0.1, 0.15) is 0 Å². The van der Waals surface area contributed by atoms with Gasteiger partial charge in [-0.1, -0.05) is 59.7 Å². The SMILES string of the molecule is COC(=O)C(C)c1cc(C(C)(C)C)cc(C(C)(C)C)c1. The van der Waals surface area contributed by atoms with Gasteiger partial charge in [0.25, 0.3) is 0 Å². The maximum atomic E-state index is 11.8. The van der Waals surface area contributed by atoms with E-state index in [4.69, 9.17) is 4.74 Å². The molecule has 1 unspecified atom stereocenters. The molecule has 0 saturated carbocycles. The van der Waals surface area contributed by atoms with E-state index in [2.05, 4.69) is 59.7 Å². The Balaban J connectivity index is 3.42. The standard InChI is InChI=1S/C18H28O2/c1-12(16(19)20-8)13-9-14(17(2,3)4)11-15(10-13)18(5,6)7/h9-12H,1-8H3. The molecule has 0 aliphatic carbocycles. The van der Waals surface area contributed by atoms with Crippen LogP contribution in [0, 0.1) is 0 Å². The van der Waals surface area contributed by atoms with Crippen molar-refractivity contribution in [2.45, 2.75) is 65.2 Å². The zero-order valence-corrected chi connectivity index (χ0v) is 14.1. The van der Waals surface area contributed by atoms with Gasteiger partial charge in [-0.05, 0) is 34.4 Å². The van der Waals surface area contributed by atoms with Crippen LogP contribution in [0.5, 0.6) is 0 Å². The molecule has 2 nitrogen and oxygen atoms in total. The lowest BCUT2D eigenvalue weighted by molar-refractivity contribution is -0.141.